The van der Waals surface area contributed by atoms with E-state index in [1.54, 1.807) is 0 Å². The van der Waals surface area contributed by atoms with Crippen LogP contribution in [0.15, 0.2) is 103 Å². The van der Waals surface area contributed by atoms with E-state index in [1.165, 1.54) is 0 Å². The van der Waals surface area contributed by atoms with Crippen molar-refractivity contribution in [1.82, 2.24) is 10.3 Å². The minimum Gasteiger partial charge on any atom is -0.348 e. The molecule has 0 aliphatic rings. The van der Waals surface area contributed by atoms with Crippen molar-refractivity contribution in [3.63, 3.8) is 0 Å². The molecule has 3 nitrogen and oxygen atoms in total. The normalized spacial score (nSPS) is 10.9. The first kappa shape index (κ1) is 18.1. The molecule has 5 rings (SSSR count). The van der Waals surface area contributed by atoms with Gasteiger partial charge in [0.2, 0.25) is 0 Å². The van der Waals surface area contributed by atoms with Gasteiger partial charge in [0.05, 0.1) is 16.8 Å². The van der Waals surface area contributed by atoms with Crippen molar-refractivity contribution in [2.24, 2.45) is 0 Å². The molecular weight excluding hydrogens is 368 g/mol. The summed E-state index contributed by atoms with van der Waals surface area (Å²) < 4.78 is 0. The van der Waals surface area contributed by atoms with E-state index in [0.29, 0.717) is 12.1 Å². The van der Waals surface area contributed by atoms with Gasteiger partial charge in [-0.1, -0.05) is 91.0 Å². The number of carbonyl (C=O) groups excluding carboxylic acids is 1. The Morgan fingerprint density at radius 1 is 0.733 bits per heavy atom. The number of aromatic nitrogens is 1. The standard InChI is InChI=1S/C27H20N2O/c30-27(28-18-19-9-2-1-3-10-19)24-17-26(29-25-16-7-6-14-23(24)25)22-15-8-12-20-11-4-5-13-21(20)22/h1-17H,18H2,(H,28,30). The number of para-hydroxylation sites is 1. The fourth-order valence-electron chi connectivity index (χ4n) is 3.82. The zero-order valence-electron chi connectivity index (χ0n) is 16.4. The first-order valence-electron chi connectivity index (χ1n) is 10.00. The average Bonchev–Trinajstić information content (AvgIpc) is 2.82. The SMILES string of the molecule is O=C(NCc1ccccc1)c1cc(-c2cccc3ccccc23)nc2ccccc12. The molecule has 5 aromatic rings. The Hall–Kier alpha value is -3.98. The van der Waals surface area contributed by atoms with E-state index in [-0.39, 0.29) is 5.91 Å². The molecule has 1 aromatic heterocycles. The molecule has 0 unspecified atom stereocenters. The van der Waals surface area contributed by atoms with Gasteiger partial charge in [-0.05, 0) is 28.5 Å². The summed E-state index contributed by atoms with van der Waals surface area (Å²) in [6, 6.07) is 34.1. The highest BCUT2D eigenvalue weighted by Gasteiger charge is 2.15. The molecule has 0 fully saturated rings. The third-order valence-corrected chi connectivity index (χ3v) is 5.32. The maximum atomic E-state index is 13.1. The Labute approximate surface area is 175 Å². The summed E-state index contributed by atoms with van der Waals surface area (Å²) in [7, 11) is 0. The summed E-state index contributed by atoms with van der Waals surface area (Å²) in [5.74, 6) is -0.0982. The van der Waals surface area contributed by atoms with Crippen LogP contribution in [0.25, 0.3) is 32.9 Å². The van der Waals surface area contributed by atoms with Crippen LogP contribution in [0.1, 0.15) is 15.9 Å². The van der Waals surface area contributed by atoms with Gasteiger partial charge in [-0.15, -0.1) is 0 Å². The Morgan fingerprint density at radius 3 is 2.30 bits per heavy atom. The molecule has 0 aliphatic heterocycles. The average molecular weight is 388 g/mol. The van der Waals surface area contributed by atoms with Crippen LogP contribution in [0.3, 0.4) is 0 Å². The topological polar surface area (TPSA) is 42.0 Å². The van der Waals surface area contributed by atoms with E-state index in [4.69, 9.17) is 4.98 Å². The van der Waals surface area contributed by atoms with Crippen LogP contribution in [0.2, 0.25) is 0 Å². The smallest absolute Gasteiger partial charge is 0.252 e. The first-order chi connectivity index (χ1) is 14.8. The number of hydrogen-bond donors (Lipinski definition) is 1. The molecule has 1 N–H and O–H groups in total. The largest absolute Gasteiger partial charge is 0.348 e. The van der Waals surface area contributed by atoms with Gasteiger partial charge in [0, 0.05) is 17.5 Å². The Balaban J connectivity index is 1.60. The summed E-state index contributed by atoms with van der Waals surface area (Å²) in [5.41, 5.74) is 4.34. The molecule has 4 aromatic carbocycles. The summed E-state index contributed by atoms with van der Waals surface area (Å²) in [6.07, 6.45) is 0. The molecule has 3 heteroatoms. The minimum atomic E-state index is -0.0982. The zero-order valence-corrected chi connectivity index (χ0v) is 16.4. The molecule has 0 radical (unpaired) electrons. The lowest BCUT2D eigenvalue weighted by atomic mass is 9.99. The van der Waals surface area contributed by atoms with Crippen LogP contribution in [0.5, 0.6) is 0 Å². The number of nitrogens with zero attached hydrogens (tertiary/aromatic N) is 1. The zero-order chi connectivity index (χ0) is 20.3. The number of amides is 1. The summed E-state index contributed by atoms with van der Waals surface area (Å²) in [6.45, 7) is 0.486. The van der Waals surface area contributed by atoms with Crippen LogP contribution >= 0.6 is 0 Å². The summed E-state index contributed by atoms with van der Waals surface area (Å²) in [5, 5.41) is 6.19. The van der Waals surface area contributed by atoms with E-state index in [2.05, 4.69) is 29.6 Å². The van der Waals surface area contributed by atoms with Crippen molar-refractivity contribution in [1.29, 1.82) is 0 Å². The third-order valence-electron chi connectivity index (χ3n) is 5.32. The fourth-order valence-corrected chi connectivity index (χ4v) is 3.82. The Morgan fingerprint density at radius 2 is 1.43 bits per heavy atom. The molecule has 0 saturated carbocycles. The number of benzene rings is 4. The van der Waals surface area contributed by atoms with Crippen LogP contribution in [0.4, 0.5) is 0 Å². The Kier molecular flexibility index (Phi) is 4.70. The molecule has 0 aliphatic carbocycles. The van der Waals surface area contributed by atoms with Gasteiger partial charge in [-0.25, -0.2) is 4.98 Å². The van der Waals surface area contributed by atoms with Crippen molar-refractivity contribution in [2.75, 3.05) is 0 Å². The van der Waals surface area contributed by atoms with Crippen LogP contribution in [-0.2, 0) is 6.54 Å². The second-order valence-corrected chi connectivity index (χ2v) is 7.27. The highest BCUT2D eigenvalue weighted by Crippen LogP contribution is 2.30. The van der Waals surface area contributed by atoms with E-state index >= 15 is 0 Å². The number of hydrogen-bond acceptors (Lipinski definition) is 2. The second kappa shape index (κ2) is 7.80. The lowest BCUT2D eigenvalue weighted by Gasteiger charge is -2.12. The lowest BCUT2D eigenvalue weighted by molar-refractivity contribution is 0.0952. The number of fused-ring (bicyclic) bond motifs is 2. The first-order valence-corrected chi connectivity index (χ1v) is 10.00. The predicted molar refractivity (Wildman–Crippen MR) is 122 cm³/mol. The van der Waals surface area contributed by atoms with Crippen molar-refractivity contribution >= 4 is 27.6 Å². The van der Waals surface area contributed by atoms with Crippen LogP contribution in [0, 0.1) is 0 Å². The van der Waals surface area contributed by atoms with Gasteiger partial charge in [-0.3, -0.25) is 4.79 Å². The maximum Gasteiger partial charge on any atom is 0.252 e. The van der Waals surface area contributed by atoms with Crippen LogP contribution in [-0.4, -0.2) is 10.9 Å². The third kappa shape index (κ3) is 3.42. The van der Waals surface area contributed by atoms with Crippen molar-refractivity contribution in [3.8, 4) is 11.3 Å². The monoisotopic (exact) mass is 388 g/mol. The number of nitrogens with one attached hydrogen (secondary N) is 1. The fraction of sp³-hybridized carbons (Fsp3) is 0.0370. The summed E-state index contributed by atoms with van der Waals surface area (Å²) >= 11 is 0. The van der Waals surface area contributed by atoms with E-state index in [1.807, 2.05) is 78.9 Å². The molecule has 0 atom stereocenters. The lowest BCUT2D eigenvalue weighted by Crippen LogP contribution is -2.23. The van der Waals surface area contributed by atoms with Crippen LogP contribution < -0.4 is 5.32 Å². The Bertz CT molecular complexity index is 1350. The molecule has 0 bridgehead atoms. The van der Waals surface area contributed by atoms with Crippen molar-refractivity contribution < 1.29 is 4.79 Å². The van der Waals surface area contributed by atoms with Gasteiger partial charge in [0.15, 0.2) is 0 Å². The quantitative estimate of drug-likeness (QED) is 0.411. The van der Waals surface area contributed by atoms with Gasteiger partial charge in [-0.2, -0.15) is 0 Å². The number of rotatable bonds is 4. The molecule has 1 amide bonds. The van der Waals surface area contributed by atoms with E-state index in [0.717, 1.165) is 38.5 Å². The second-order valence-electron chi connectivity index (χ2n) is 7.27. The number of carbonyl (C=O) groups is 1. The number of pyridine rings is 1. The highest BCUT2D eigenvalue weighted by atomic mass is 16.1. The molecule has 0 spiro atoms. The van der Waals surface area contributed by atoms with Crippen molar-refractivity contribution in [2.45, 2.75) is 6.54 Å². The minimum absolute atomic E-state index is 0.0982. The maximum absolute atomic E-state index is 13.1. The van der Waals surface area contributed by atoms with Gasteiger partial charge >= 0.3 is 0 Å². The van der Waals surface area contributed by atoms with Gasteiger partial charge in [0.1, 0.15) is 0 Å². The van der Waals surface area contributed by atoms with E-state index < -0.39 is 0 Å². The summed E-state index contributed by atoms with van der Waals surface area (Å²) in [4.78, 5) is 18.0. The highest BCUT2D eigenvalue weighted by molar-refractivity contribution is 6.08. The molecule has 0 saturated heterocycles. The molecule has 1 heterocycles. The molecular formula is C27H20N2O. The molecule has 144 valence electrons. The van der Waals surface area contributed by atoms with Crippen molar-refractivity contribution in [3.05, 3.63) is 114 Å². The van der Waals surface area contributed by atoms with E-state index in [9.17, 15) is 4.79 Å². The van der Waals surface area contributed by atoms with Gasteiger partial charge in [0.25, 0.3) is 5.91 Å². The predicted octanol–water partition coefficient (Wildman–Crippen LogP) is 5.99. The van der Waals surface area contributed by atoms with Gasteiger partial charge < -0.3 is 5.32 Å². The molecule has 30 heavy (non-hydrogen) atoms.